The number of carbonyl (C=O) groups is 1. The molecular formula is C28H34N2O5S. The summed E-state index contributed by atoms with van der Waals surface area (Å²) in [5, 5.41) is 2.89. The van der Waals surface area contributed by atoms with E-state index >= 15 is 0 Å². The fraction of sp³-hybridized carbons (Fsp3) is 0.321. The maximum atomic E-state index is 13.4. The number of sulfonamides is 1. The van der Waals surface area contributed by atoms with Crippen LogP contribution in [0, 0.1) is 20.8 Å². The number of hydrogen-bond donors (Lipinski definition) is 2. The van der Waals surface area contributed by atoms with Crippen molar-refractivity contribution in [3.8, 4) is 11.5 Å². The molecule has 0 saturated heterocycles. The highest BCUT2D eigenvalue weighted by Crippen LogP contribution is 2.27. The average Bonchev–Trinajstić information content (AvgIpc) is 2.83. The van der Waals surface area contributed by atoms with Crippen LogP contribution in [-0.2, 0) is 27.7 Å². The second kappa shape index (κ2) is 12.1. The number of rotatable bonds is 11. The van der Waals surface area contributed by atoms with E-state index in [9.17, 15) is 13.2 Å². The molecule has 2 N–H and O–H groups in total. The summed E-state index contributed by atoms with van der Waals surface area (Å²) in [6, 6.07) is 17.6. The molecule has 3 aromatic carbocycles. The summed E-state index contributed by atoms with van der Waals surface area (Å²) in [5.74, 6) is 0.856. The van der Waals surface area contributed by atoms with Crippen LogP contribution in [0.25, 0.3) is 0 Å². The molecule has 0 heterocycles. The first-order valence-electron chi connectivity index (χ1n) is 11.8. The van der Waals surface area contributed by atoms with Crippen molar-refractivity contribution in [2.45, 2.75) is 44.6 Å². The second-order valence-electron chi connectivity index (χ2n) is 8.82. The van der Waals surface area contributed by atoms with E-state index in [0.29, 0.717) is 35.6 Å². The van der Waals surface area contributed by atoms with Gasteiger partial charge >= 0.3 is 0 Å². The normalized spacial score (nSPS) is 12.1. The number of ether oxygens (including phenoxy) is 2. The smallest absolute Gasteiger partial charge is 0.241 e. The number of amides is 1. The van der Waals surface area contributed by atoms with Gasteiger partial charge in [-0.15, -0.1) is 0 Å². The molecule has 0 radical (unpaired) electrons. The Labute approximate surface area is 213 Å². The van der Waals surface area contributed by atoms with Gasteiger partial charge in [-0.2, -0.15) is 4.72 Å². The van der Waals surface area contributed by atoms with Gasteiger partial charge in [0, 0.05) is 6.54 Å². The van der Waals surface area contributed by atoms with Crippen LogP contribution in [0.4, 0.5) is 0 Å². The van der Waals surface area contributed by atoms with Crippen LogP contribution < -0.4 is 19.5 Å². The highest BCUT2D eigenvalue weighted by molar-refractivity contribution is 7.89. The summed E-state index contributed by atoms with van der Waals surface area (Å²) in [7, 11) is -0.793. The minimum atomic E-state index is -3.94. The Bertz CT molecular complexity index is 1280. The van der Waals surface area contributed by atoms with Gasteiger partial charge in [0.2, 0.25) is 15.9 Å². The fourth-order valence-electron chi connectivity index (χ4n) is 4.36. The Morgan fingerprint density at radius 2 is 1.50 bits per heavy atom. The van der Waals surface area contributed by atoms with Crippen molar-refractivity contribution in [1.82, 2.24) is 10.0 Å². The van der Waals surface area contributed by atoms with Crippen molar-refractivity contribution in [1.29, 1.82) is 0 Å². The van der Waals surface area contributed by atoms with Gasteiger partial charge in [-0.3, -0.25) is 4.79 Å². The third kappa shape index (κ3) is 6.86. The van der Waals surface area contributed by atoms with Crippen molar-refractivity contribution in [2.24, 2.45) is 0 Å². The van der Waals surface area contributed by atoms with Gasteiger partial charge in [0.05, 0.1) is 19.1 Å². The van der Waals surface area contributed by atoms with Crippen LogP contribution in [0.2, 0.25) is 0 Å². The molecule has 0 spiro atoms. The third-order valence-electron chi connectivity index (χ3n) is 5.93. The number of benzene rings is 3. The molecule has 0 bridgehead atoms. The van der Waals surface area contributed by atoms with E-state index in [4.69, 9.17) is 9.47 Å². The van der Waals surface area contributed by atoms with Crippen molar-refractivity contribution in [2.75, 3.05) is 20.8 Å². The first kappa shape index (κ1) is 27.2. The monoisotopic (exact) mass is 510 g/mol. The van der Waals surface area contributed by atoms with E-state index in [0.717, 1.165) is 16.7 Å². The van der Waals surface area contributed by atoms with Gasteiger partial charge in [-0.1, -0.05) is 54.1 Å². The number of methoxy groups -OCH3 is 2. The zero-order valence-corrected chi connectivity index (χ0v) is 22.2. The summed E-state index contributed by atoms with van der Waals surface area (Å²) in [6.45, 7) is 5.80. The first-order chi connectivity index (χ1) is 17.1. The first-order valence-corrected chi connectivity index (χ1v) is 13.3. The van der Waals surface area contributed by atoms with Crippen LogP contribution in [0.15, 0.2) is 65.6 Å². The van der Waals surface area contributed by atoms with E-state index in [2.05, 4.69) is 10.0 Å². The summed E-state index contributed by atoms with van der Waals surface area (Å²) < 4.78 is 40.1. The quantitative estimate of drug-likeness (QED) is 0.408. The lowest BCUT2D eigenvalue weighted by Gasteiger charge is -2.21. The van der Waals surface area contributed by atoms with Gasteiger partial charge in [0.25, 0.3) is 0 Å². The lowest BCUT2D eigenvalue weighted by molar-refractivity contribution is -0.122. The molecule has 3 rings (SSSR count). The van der Waals surface area contributed by atoms with Gasteiger partial charge in [0.15, 0.2) is 11.5 Å². The highest BCUT2D eigenvalue weighted by atomic mass is 32.2. The minimum Gasteiger partial charge on any atom is -0.493 e. The molecule has 7 nitrogen and oxygen atoms in total. The maximum Gasteiger partial charge on any atom is 0.241 e. The van der Waals surface area contributed by atoms with E-state index in [1.54, 1.807) is 28.1 Å². The molecule has 1 unspecified atom stereocenters. The van der Waals surface area contributed by atoms with Crippen LogP contribution in [0.1, 0.15) is 27.8 Å². The molecule has 3 aromatic rings. The number of hydrogen-bond acceptors (Lipinski definition) is 5. The van der Waals surface area contributed by atoms with Gasteiger partial charge in [0.1, 0.15) is 6.04 Å². The Morgan fingerprint density at radius 1 is 0.861 bits per heavy atom. The SMILES string of the molecule is COc1ccc(CCNC(=O)C(Cc2ccccc2)NS(=O)(=O)c2c(C)cc(C)cc2C)cc1OC. The standard InChI is InChI=1S/C28H34N2O5S/c1-19-15-20(2)27(21(3)16-19)36(32,33)30-24(17-22-9-7-6-8-10-22)28(31)29-14-13-23-11-12-25(34-4)26(18-23)35-5/h6-12,15-16,18,24,30H,13-14,17H2,1-5H3,(H,29,31). The number of nitrogens with one attached hydrogen (secondary N) is 2. The Hall–Kier alpha value is -3.36. The molecule has 0 fully saturated rings. The van der Waals surface area contributed by atoms with Crippen molar-refractivity contribution < 1.29 is 22.7 Å². The molecule has 0 saturated carbocycles. The fourth-order valence-corrected chi connectivity index (χ4v) is 6.01. The summed E-state index contributed by atoms with van der Waals surface area (Å²) >= 11 is 0. The molecular weight excluding hydrogens is 476 g/mol. The van der Waals surface area contributed by atoms with Gasteiger partial charge < -0.3 is 14.8 Å². The Morgan fingerprint density at radius 3 is 2.11 bits per heavy atom. The average molecular weight is 511 g/mol. The van der Waals surface area contributed by atoms with Crippen LogP contribution in [0.5, 0.6) is 11.5 Å². The molecule has 0 aliphatic carbocycles. The maximum absolute atomic E-state index is 13.4. The van der Waals surface area contributed by atoms with Crippen LogP contribution >= 0.6 is 0 Å². The third-order valence-corrected chi connectivity index (χ3v) is 7.71. The van der Waals surface area contributed by atoms with E-state index < -0.39 is 16.1 Å². The molecule has 8 heteroatoms. The largest absolute Gasteiger partial charge is 0.493 e. The van der Waals surface area contributed by atoms with Crippen LogP contribution in [-0.4, -0.2) is 41.1 Å². The predicted octanol–water partition coefficient (Wildman–Crippen LogP) is 3.88. The molecule has 1 amide bonds. The molecule has 0 aliphatic heterocycles. The topological polar surface area (TPSA) is 93.7 Å². The molecule has 1 atom stereocenters. The van der Waals surface area contributed by atoms with Crippen molar-refractivity contribution in [3.05, 3.63) is 88.5 Å². The summed E-state index contributed by atoms with van der Waals surface area (Å²) in [6.07, 6.45) is 0.777. The molecule has 36 heavy (non-hydrogen) atoms. The van der Waals surface area contributed by atoms with E-state index in [1.807, 2.05) is 67.6 Å². The second-order valence-corrected chi connectivity index (χ2v) is 10.5. The highest BCUT2D eigenvalue weighted by Gasteiger charge is 2.28. The lowest BCUT2D eigenvalue weighted by Crippen LogP contribution is -2.48. The Kier molecular flexibility index (Phi) is 9.12. The molecule has 192 valence electrons. The molecule has 0 aromatic heterocycles. The van der Waals surface area contributed by atoms with Crippen molar-refractivity contribution >= 4 is 15.9 Å². The summed E-state index contributed by atoms with van der Waals surface area (Å²) in [4.78, 5) is 13.4. The Balaban J connectivity index is 1.78. The van der Waals surface area contributed by atoms with E-state index in [1.165, 1.54) is 0 Å². The van der Waals surface area contributed by atoms with Crippen molar-refractivity contribution in [3.63, 3.8) is 0 Å². The number of carbonyl (C=O) groups excluding carboxylic acids is 1. The zero-order valence-electron chi connectivity index (χ0n) is 21.4. The lowest BCUT2D eigenvalue weighted by atomic mass is 10.1. The zero-order chi connectivity index (χ0) is 26.3. The van der Waals surface area contributed by atoms with Gasteiger partial charge in [-0.25, -0.2) is 8.42 Å². The van der Waals surface area contributed by atoms with Crippen LogP contribution in [0.3, 0.4) is 0 Å². The van der Waals surface area contributed by atoms with E-state index in [-0.39, 0.29) is 17.2 Å². The summed E-state index contributed by atoms with van der Waals surface area (Å²) in [5.41, 5.74) is 4.09. The predicted molar refractivity (Wildman–Crippen MR) is 141 cm³/mol. The number of aryl methyl sites for hydroxylation is 3. The molecule has 0 aliphatic rings. The van der Waals surface area contributed by atoms with Gasteiger partial charge in [-0.05, 0) is 68.0 Å². The minimum absolute atomic E-state index is 0.212.